The summed E-state index contributed by atoms with van der Waals surface area (Å²) < 4.78 is 11.0. The van der Waals surface area contributed by atoms with Gasteiger partial charge in [0.15, 0.2) is 5.65 Å². The molecule has 11 heteroatoms. The minimum absolute atomic E-state index is 0.0581. The molecule has 0 spiro atoms. The molecule has 5 rings (SSSR count). The van der Waals surface area contributed by atoms with Crippen LogP contribution in [0.15, 0.2) is 48.5 Å². The number of anilines is 1. The van der Waals surface area contributed by atoms with E-state index in [1.807, 2.05) is 24.3 Å². The van der Waals surface area contributed by atoms with Gasteiger partial charge >= 0.3 is 17.9 Å². The second kappa shape index (κ2) is 9.24. The smallest absolute Gasteiger partial charge is 0.336 e. The highest BCUT2D eigenvalue weighted by Crippen LogP contribution is 2.32. The molecular weight excluding hydrogens is 476 g/mol. The van der Waals surface area contributed by atoms with Crippen molar-refractivity contribution in [3.05, 3.63) is 64.7 Å². The second-order valence-corrected chi connectivity index (χ2v) is 8.21. The number of carboxylic acid groups (broad SMARTS) is 2. The fourth-order valence-corrected chi connectivity index (χ4v) is 4.12. The van der Waals surface area contributed by atoms with Crippen LogP contribution in [0.5, 0.6) is 11.8 Å². The molecule has 0 bridgehead atoms. The molecule has 2 aromatic carbocycles. The lowest BCUT2D eigenvalue weighted by Crippen LogP contribution is -2.36. The van der Waals surface area contributed by atoms with Crippen molar-refractivity contribution in [2.45, 2.75) is 0 Å². The normalized spacial score (nSPS) is 13.7. The molecule has 3 N–H and O–H groups in total. The Morgan fingerprint density at radius 2 is 1.69 bits per heavy atom. The Bertz CT molecular complexity index is 1430. The van der Waals surface area contributed by atoms with Crippen LogP contribution in [0, 0.1) is 0 Å². The summed E-state index contributed by atoms with van der Waals surface area (Å²) in [5, 5.41) is 18.9. The summed E-state index contributed by atoms with van der Waals surface area (Å²) >= 11 is 6.50. The van der Waals surface area contributed by atoms with Crippen molar-refractivity contribution in [2.75, 3.05) is 31.2 Å². The van der Waals surface area contributed by atoms with Gasteiger partial charge in [-0.25, -0.2) is 14.6 Å². The molecule has 0 unspecified atom stereocenters. The fourth-order valence-electron chi connectivity index (χ4n) is 3.86. The third kappa shape index (κ3) is 4.61. The van der Waals surface area contributed by atoms with Crippen molar-refractivity contribution < 1.29 is 29.3 Å². The highest BCUT2D eigenvalue weighted by Gasteiger charge is 2.18. The van der Waals surface area contributed by atoms with Crippen LogP contribution < -0.4 is 9.64 Å². The van der Waals surface area contributed by atoms with E-state index < -0.39 is 17.5 Å². The van der Waals surface area contributed by atoms with Crippen LogP contribution in [0.2, 0.25) is 5.02 Å². The second-order valence-electron chi connectivity index (χ2n) is 7.80. The monoisotopic (exact) mass is 494 g/mol. The molecule has 0 radical (unpaired) electrons. The van der Waals surface area contributed by atoms with Crippen molar-refractivity contribution in [2.24, 2.45) is 0 Å². The molecule has 4 aromatic rings. The minimum Gasteiger partial charge on any atom is -0.478 e. The van der Waals surface area contributed by atoms with Crippen LogP contribution in [-0.4, -0.2) is 63.4 Å². The van der Waals surface area contributed by atoms with Crippen molar-refractivity contribution in [1.82, 2.24) is 15.0 Å². The standard InChI is InChI=1S/C24H19ClN4O6/c25-18-12-19-21(27-20(18)13-1-3-14(4-2-13)29-7-9-34-10-8-29)28-24(26-19)35-15-5-6-16(22(30)31)17(11-15)23(32)33/h1-6,11-12H,7-10H2,(H,30,31)(H,32,33)(H,26,27,28). The summed E-state index contributed by atoms with van der Waals surface area (Å²) in [6, 6.07) is 13.3. The number of fused-ring (bicyclic) bond motifs is 1. The number of carboxylic acids is 2. The summed E-state index contributed by atoms with van der Waals surface area (Å²) in [6.07, 6.45) is 0. The van der Waals surface area contributed by atoms with Crippen molar-refractivity contribution in [3.8, 4) is 23.0 Å². The first-order valence-corrected chi connectivity index (χ1v) is 11.0. The maximum atomic E-state index is 11.4. The van der Waals surface area contributed by atoms with Crippen LogP contribution in [0.1, 0.15) is 20.7 Å². The van der Waals surface area contributed by atoms with Gasteiger partial charge in [0.25, 0.3) is 0 Å². The Morgan fingerprint density at radius 3 is 2.37 bits per heavy atom. The lowest BCUT2D eigenvalue weighted by Gasteiger charge is -2.28. The molecule has 1 saturated heterocycles. The van der Waals surface area contributed by atoms with E-state index in [2.05, 4.69) is 19.9 Å². The van der Waals surface area contributed by atoms with Gasteiger partial charge in [0.1, 0.15) is 5.75 Å². The molecule has 2 aromatic heterocycles. The SMILES string of the molecule is O=C(O)c1ccc(Oc2nc3nc(-c4ccc(N5CCOCC5)cc4)c(Cl)cc3[nH]2)cc1C(=O)O. The summed E-state index contributed by atoms with van der Waals surface area (Å²) in [4.78, 5) is 36.7. The molecule has 178 valence electrons. The molecule has 1 aliphatic heterocycles. The highest BCUT2D eigenvalue weighted by atomic mass is 35.5. The first-order chi connectivity index (χ1) is 16.9. The largest absolute Gasteiger partial charge is 0.478 e. The maximum absolute atomic E-state index is 11.4. The molecule has 0 aliphatic carbocycles. The Balaban J connectivity index is 1.41. The van der Waals surface area contributed by atoms with Gasteiger partial charge in [-0.3, -0.25) is 0 Å². The Kier molecular flexibility index (Phi) is 5.98. The zero-order chi connectivity index (χ0) is 24.5. The molecule has 1 fully saturated rings. The summed E-state index contributed by atoms with van der Waals surface area (Å²) in [5.74, 6) is -2.62. The van der Waals surface area contributed by atoms with Gasteiger partial charge < -0.3 is 29.6 Å². The van der Waals surface area contributed by atoms with E-state index >= 15 is 0 Å². The Morgan fingerprint density at radius 1 is 0.971 bits per heavy atom. The lowest BCUT2D eigenvalue weighted by molar-refractivity contribution is 0.0651. The molecule has 0 amide bonds. The van der Waals surface area contributed by atoms with Crippen LogP contribution in [-0.2, 0) is 4.74 Å². The quantitative estimate of drug-likeness (QED) is 0.358. The van der Waals surface area contributed by atoms with Gasteiger partial charge in [0, 0.05) is 24.3 Å². The molecule has 0 atom stereocenters. The van der Waals surface area contributed by atoms with Crippen LogP contribution in [0.3, 0.4) is 0 Å². The van der Waals surface area contributed by atoms with E-state index in [0.717, 1.165) is 36.5 Å². The molecule has 10 nitrogen and oxygen atoms in total. The van der Waals surface area contributed by atoms with Gasteiger partial charge in [-0.15, -0.1) is 0 Å². The summed E-state index contributed by atoms with van der Waals surface area (Å²) in [6.45, 7) is 3.09. The fraction of sp³-hybridized carbons (Fsp3) is 0.167. The topological polar surface area (TPSA) is 138 Å². The van der Waals surface area contributed by atoms with E-state index in [-0.39, 0.29) is 17.3 Å². The van der Waals surface area contributed by atoms with Crippen LogP contribution >= 0.6 is 11.6 Å². The number of pyridine rings is 1. The molecule has 3 heterocycles. The van der Waals surface area contributed by atoms with Gasteiger partial charge in [-0.05, 0) is 36.4 Å². The molecule has 35 heavy (non-hydrogen) atoms. The molecule has 1 aliphatic rings. The molecular formula is C24H19ClN4O6. The van der Waals surface area contributed by atoms with Crippen molar-refractivity contribution >= 4 is 40.4 Å². The number of benzene rings is 2. The van der Waals surface area contributed by atoms with E-state index in [1.54, 1.807) is 6.07 Å². The Hall–Kier alpha value is -4.15. The van der Waals surface area contributed by atoms with Gasteiger partial charge in [0.05, 0.1) is 40.6 Å². The van der Waals surface area contributed by atoms with Gasteiger partial charge in [-0.1, -0.05) is 23.7 Å². The average molecular weight is 495 g/mol. The lowest BCUT2D eigenvalue weighted by atomic mass is 10.1. The third-order valence-corrected chi connectivity index (χ3v) is 5.88. The van der Waals surface area contributed by atoms with Crippen molar-refractivity contribution in [3.63, 3.8) is 0 Å². The number of aromatic carboxylic acids is 2. The van der Waals surface area contributed by atoms with Crippen LogP contribution in [0.4, 0.5) is 5.69 Å². The number of H-pyrrole nitrogens is 1. The number of halogens is 1. The number of ether oxygens (including phenoxy) is 2. The minimum atomic E-state index is -1.38. The zero-order valence-electron chi connectivity index (χ0n) is 18.2. The first kappa shape index (κ1) is 22.6. The predicted molar refractivity (Wildman–Crippen MR) is 128 cm³/mol. The number of nitrogens with zero attached hydrogens (tertiary/aromatic N) is 3. The van der Waals surface area contributed by atoms with Gasteiger partial charge in [0.2, 0.25) is 0 Å². The number of aromatic amines is 1. The number of aromatic nitrogens is 3. The number of nitrogens with one attached hydrogen (secondary N) is 1. The van der Waals surface area contributed by atoms with Gasteiger partial charge in [-0.2, -0.15) is 4.98 Å². The average Bonchev–Trinajstić information content (AvgIpc) is 3.24. The van der Waals surface area contributed by atoms with E-state index in [1.165, 1.54) is 6.07 Å². The summed E-state index contributed by atoms with van der Waals surface area (Å²) in [5.41, 5.74) is 2.64. The number of hydrogen-bond acceptors (Lipinski definition) is 7. The van der Waals surface area contributed by atoms with Crippen molar-refractivity contribution in [1.29, 1.82) is 0 Å². The maximum Gasteiger partial charge on any atom is 0.336 e. The number of rotatable bonds is 6. The van der Waals surface area contributed by atoms with Crippen LogP contribution in [0.25, 0.3) is 22.4 Å². The van der Waals surface area contributed by atoms with E-state index in [0.29, 0.717) is 35.1 Å². The number of imidazole rings is 1. The predicted octanol–water partition coefficient (Wildman–Crippen LogP) is 4.30. The first-order valence-electron chi connectivity index (χ1n) is 10.7. The van der Waals surface area contributed by atoms with E-state index in [9.17, 15) is 14.7 Å². The number of carbonyl (C=O) groups is 2. The third-order valence-electron chi connectivity index (χ3n) is 5.59. The number of hydrogen-bond donors (Lipinski definition) is 3. The highest BCUT2D eigenvalue weighted by molar-refractivity contribution is 6.33. The molecule has 0 saturated carbocycles. The zero-order valence-corrected chi connectivity index (χ0v) is 19.0. The van der Waals surface area contributed by atoms with E-state index in [4.69, 9.17) is 26.2 Å². The summed E-state index contributed by atoms with van der Waals surface area (Å²) in [7, 11) is 0. The Labute approximate surface area is 203 Å². The number of morpholine rings is 1.